The minimum absolute atomic E-state index is 0.0756. The second kappa shape index (κ2) is 4.65. The Kier molecular flexibility index (Phi) is 3.05. The number of carbonyl (C=O) groups is 2. The number of amides is 2. The summed E-state index contributed by atoms with van der Waals surface area (Å²) >= 11 is 0. The summed E-state index contributed by atoms with van der Waals surface area (Å²) in [5.41, 5.74) is 0. The zero-order valence-electron chi connectivity index (χ0n) is 8.60. The molecule has 1 aliphatic heterocycles. The molecule has 2 rings (SSSR count). The average Bonchev–Trinajstić information content (AvgIpc) is 2.33. The maximum absolute atomic E-state index is 11.3. The third kappa shape index (κ3) is 2.50. The molecule has 2 amide bonds. The summed E-state index contributed by atoms with van der Waals surface area (Å²) < 4.78 is 5.23. The van der Waals surface area contributed by atoms with Gasteiger partial charge in [0.1, 0.15) is 11.8 Å². The van der Waals surface area contributed by atoms with Crippen molar-refractivity contribution in [2.45, 2.75) is 6.04 Å². The van der Waals surface area contributed by atoms with E-state index in [0.717, 1.165) is 0 Å². The van der Waals surface area contributed by atoms with Gasteiger partial charge in [0.2, 0.25) is 5.91 Å². The minimum atomic E-state index is -0.396. The predicted molar refractivity (Wildman–Crippen MR) is 56.9 cm³/mol. The van der Waals surface area contributed by atoms with Gasteiger partial charge < -0.3 is 15.4 Å². The SMILES string of the molecule is O=C(COc1ccccc1)N[C@H]1CNC1=O. The molecule has 0 unspecified atom stereocenters. The first-order chi connectivity index (χ1) is 7.75. The molecule has 0 aromatic heterocycles. The normalized spacial score (nSPS) is 18.2. The van der Waals surface area contributed by atoms with Crippen molar-refractivity contribution < 1.29 is 14.3 Å². The summed E-state index contributed by atoms with van der Waals surface area (Å²) in [5, 5.41) is 5.10. The number of carbonyl (C=O) groups excluding carboxylic acids is 2. The Morgan fingerprint density at radius 3 is 2.75 bits per heavy atom. The molecular formula is C11H12N2O3. The molecule has 0 saturated carbocycles. The average molecular weight is 220 g/mol. The number of ether oxygens (including phenoxy) is 1. The number of para-hydroxylation sites is 1. The summed E-state index contributed by atoms with van der Waals surface area (Å²) in [7, 11) is 0. The van der Waals surface area contributed by atoms with Gasteiger partial charge in [0, 0.05) is 6.54 Å². The second-order valence-corrected chi connectivity index (χ2v) is 3.47. The highest BCUT2D eigenvalue weighted by molar-refractivity contribution is 5.92. The maximum atomic E-state index is 11.3. The molecule has 1 heterocycles. The summed E-state index contributed by atoms with van der Waals surface area (Å²) in [6.45, 7) is 0.420. The Bertz CT molecular complexity index is 391. The van der Waals surface area contributed by atoms with Crippen molar-refractivity contribution in [1.82, 2.24) is 10.6 Å². The monoisotopic (exact) mass is 220 g/mol. The molecule has 1 atom stereocenters. The Morgan fingerprint density at radius 1 is 1.44 bits per heavy atom. The fraction of sp³-hybridized carbons (Fsp3) is 0.273. The van der Waals surface area contributed by atoms with Crippen molar-refractivity contribution in [1.29, 1.82) is 0 Å². The highest BCUT2D eigenvalue weighted by Gasteiger charge is 2.28. The highest BCUT2D eigenvalue weighted by Crippen LogP contribution is 2.07. The van der Waals surface area contributed by atoms with Crippen molar-refractivity contribution in [3.05, 3.63) is 30.3 Å². The van der Waals surface area contributed by atoms with Crippen LogP contribution in [-0.2, 0) is 9.59 Å². The molecule has 0 aliphatic carbocycles. The predicted octanol–water partition coefficient (Wildman–Crippen LogP) is -0.320. The van der Waals surface area contributed by atoms with Gasteiger partial charge >= 0.3 is 0 Å². The second-order valence-electron chi connectivity index (χ2n) is 3.47. The quantitative estimate of drug-likeness (QED) is 0.683. The van der Waals surface area contributed by atoms with Gasteiger partial charge in [0.05, 0.1) is 0 Å². The molecule has 0 radical (unpaired) electrons. The molecule has 1 fully saturated rings. The highest BCUT2D eigenvalue weighted by atomic mass is 16.5. The molecule has 2 N–H and O–H groups in total. The zero-order chi connectivity index (χ0) is 11.4. The van der Waals surface area contributed by atoms with Crippen LogP contribution < -0.4 is 15.4 Å². The summed E-state index contributed by atoms with van der Waals surface area (Å²) in [6, 6.07) is 8.66. The number of hydrogen-bond acceptors (Lipinski definition) is 3. The van der Waals surface area contributed by atoms with Gasteiger partial charge in [-0.05, 0) is 12.1 Å². The van der Waals surface area contributed by atoms with Crippen LogP contribution in [-0.4, -0.2) is 31.0 Å². The Hall–Kier alpha value is -2.04. The largest absolute Gasteiger partial charge is 0.484 e. The molecule has 1 saturated heterocycles. The number of rotatable bonds is 4. The van der Waals surface area contributed by atoms with Crippen LogP contribution in [0.25, 0.3) is 0 Å². The smallest absolute Gasteiger partial charge is 0.258 e. The van der Waals surface area contributed by atoms with Crippen LogP contribution >= 0.6 is 0 Å². The number of β-lactam (4-membered cyclic amide) rings is 1. The van der Waals surface area contributed by atoms with E-state index in [1.165, 1.54) is 0 Å². The summed E-state index contributed by atoms with van der Waals surface area (Å²) in [4.78, 5) is 22.2. The Labute approximate surface area is 92.8 Å². The van der Waals surface area contributed by atoms with Crippen LogP contribution in [0.4, 0.5) is 0 Å². The third-order valence-corrected chi connectivity index (χ3v) is 2.25. The molecule has 5 heteroatoms. The van der Waals surface area contributed by atoms with E-state index in [2.05, 4.69) is 10.6 Å². The fourth-order valence-electron chi connectivity index (χ4n) is 1.31. The fourth-order valence-corrected chi connectivity index (χ4v) is 1.31. The number of nitrogens with one attached hydrogen (secondary N) is 2. The van der Waals surface area contributed by atoms with Gasteiger partial charge in [-0.3, -0.25) is 9.59 Å². The zero-order valence-corrected chi connectivity index (χ0v) is 8.60. The van der Waals surface area contributed by atoms with Crippen molar-refractivity contribution in [2.24, 2.45) is 0 Å². The Morgan fingerprint density at radius 2 is 2.19 bits per heavy atom. The lowest BCUT2D eigenvalue weighted by atomic mass is 10.1. The summed E-state index contributed by atoms with van der Waals surface area (Å²) in [6.07, 6.45) is 0. The van der Waals surface area contributed by atoms with E-state index in [9.17, 15) is 9.59 Å². The molecule has 1 aliphatic rings. The van der Waals surface area contributed by atoms with Gasteiger partial charge in [-0.2, -0.15) is 0 Å². The molecule has 5 nitrogen and oxygen atoms in total. The van der Waals surface area contributed by atoms with Crippen LogP contribution in [0.5, 0.6) is 5.75 Å². The molecule has 0 bridgehead atoms. The van der Waals surface area contributed by atoms with E-state index in [4.69, 9.17) is 4.74 Å². The molecule has 0 spiro atoms. The van der Waals surface area contributed by atoms with Gasteiger partial charge in [-0.15, -0.1) is 0 Å². The van der Waals surface area contributed by atoms with Gasteiger partial charge in [-0.25, -0.2) is 0 Å². The lowest BCUT2D eigenvalue weighted by Gasteiger charge is -2.26. The first kappa shape index (κ1) is 10.5. The maximum Gasteiger partial charge on any atom is 0.258 e. The van der Waals surface area contributed by atoms with Crippen molar-refractivity contribution in [2.75, 3.05) is 13.2 Å². The topological polar surface area (TPSA) is 67.4 Å². The molecule has 1 aromatic rings. The molecule has 16 heavy (non-hydrogen) atoms. The molecule has 84 valence electrons. The van der Waals surface area contributed by atoms with E-state index >= 15 is 0 Å². The van der Waals surface area contributed by atoms with Crippen molar-refractivity contribution >= 4 is 11.8 Å². The third-order valence-electron chi connectivity index (χ3n) is 2.25. The van der Waals surface area contributed by atoms with Gasteiger partial charge in [0.15, 0.2) is 6.61 Å². The first-order valence-electron chi connectivity index (χ1n) is 5.00. The minimum Gasteiger partial charge on any atom is -0.484 e. The van der Waals surface area contributed by atoms with Gasteiger partial charge in [-0.1, -0.05) is 18.2 Å². The van der Waals surface area contributed by atoms with E-state index in [-0.39, 0.29) is 18.4 Å². The van der Waals surface area contributed by atoms with E-state index in [1.54, 1.807) is 12.1 Å². The standard InChI is InChI=1S/C11H12N2O3/c14-10(13-9-6-12-11(9)15)7-16-8-4-2-1-3-5-8/h1-5,9H,6-7H2,(H,12,15)(H,13,14)/t9-/m0/s1. The van der Waals surface area contributed by atoms with Crippen LogP contribution in [0.3, 0.4) is 0 Å². The van der Waals surface area contributed by atoms with E-state index in [0.29, 0.717) is 12.3 Å². The van der Waals surface area contributed by atoms with Crippen LogP contribution in [0, 0.1) is 0 Å². The molecule has 1 aromatic carbocycles. The lowest BCUT2D eigenvalue weighted by molar-refractivity contribution is -0.134. The number of hydrogen-bond donors (Lipinski definition) is 2. The van der Waals surface area contributed by atoms with E-state index in [1.807, 2.05) is 18.2 Å². The van der Waals surface area contributed by atoms with Crippen LogP contribution in [0.2, 0.25) is 0 Å². The lowest BCUT2D eigenvalue weighted by Crippen LogP contribution is -2.62. The van der Waals surface area contributed by atoms with Crippen molar-refractivity contribution in [3.63, 3.8) is 0 Å². The van der Waals surface area contributed by atoms with Crippen molar-refractivity contribution in [3.8, 4) is 5.75 Å². The Balaban J connectivity index is 1.74. The van der Waals surface area contributed by atoms with E-state index < -0.39 is 6.04 Å². The van der Waals surface area contributed by atoms with Crippen LogP contribution in [0.15, 0.2) is 30.3 Å². The molecular weight excluding hydrogens is 208 g/mol. The summed E-state index contributed by atoms with van der Waals surface area (Å²) in [5.74, 6) is 0.201. The van der Waals surface area contributed by atoms with Gasteiger partial charge in [0.25, 0.3) is 5.91 Å². The number of benzene rings is 1. The first-order valence-corrected chi connectivity index (χ1v) is 5.00. The van der Waals surface area contributed by atoms with Crippen LogP contribution in [0.1, 0.15) is 0 Å².